The van der Waals surface area contributed by atoms with E-state index in [1.165, 1.54) is 11.6 Å². The molecule has 1 aliphatic heterocycles. The van der Waals surface area contributed by atoms with Gasteiger partial charge < -0.3 is 4.90 Å². The summed E-state index contributed by atoms with van der Waals surface area (Å²) in [5.74, 6) is 0.307. The Kier molecular flexibility index (Phi) is 3.60. The summed E-state index contributed by atoms with van der Waals surface area (Å²) in [5.41, 5.74) is 0.760. The van der Waals surface area contributed by atoms with Gasteiger partial charge in [-0.25, -0.2) is 0 Å². The summed E-state index contributed by atoms with van der Waals surface area (Å²) in [4.78, 5) is 17.4. The zero-order valence-corrected chi connectivity index (χ0v) is 13.5. The van der Waals surface area contributed by atoms with Gasteiger partial charge in [0.25, 0.3) is 5.91 Å². The predicted octanol–water partition coefficient (Wildman–Crippen LogP) is 4.12. The number of likely N-dealkylation sites (tertiary alicyclic amines) is 1. The summed E-state index contributed by atoms with van der Waals surface area (Å²) in [6, 6.07) is 12.4. The minimum Gasteiger partial charge on any atom is -0.337 e. The first-order valence-corrected chi connectivity index (χ1v) is 8.24. The Balaban J connectivity index is 1.34. The van der Waals surface area contributed by atoms with Gasteiger partial charge in [-0.05, 0) is 36.5 Å². The number of hydrogen-bond acceptors (Lipinski definition) is 2. The molecular weight excluding hydrogens is 329 g/mol. The first-order chi connectivity index (χ1) is 11.9. The summed E-state index contributed by atoms with van der Waals surface area (Å²) in [6.45, 7) is 1.35. The highest BCUT2D eigenvalue weighted by Crippen LogP contribution is 2.56. The number of carbonyl (C=O) groups is 1. The van der Waals surface area contributed by atoms with Crippen molar-refractivity contribution in [3.63, 3.8) is 0 Å². The van der Waals surface area contributed by atoms with Crippen LogP contribution >= 0.6 is 0 Å². The molecule has 1 aromatic carbocycles. The SMILES string of the molecule is O=C(c1ccc(C(F)(F)F)nc1)N1CC2(CC(c3ccccc3)C2)C1. The molecule has 2 aromatic rings. The first kappa shape index (κ1) is 16.1. The third-order valence-electron chi connectivity index (χ3n) is 5.27. The molecule has 0 radical (unpaired) electrons. The van der Waals surface area contributed by atoms with Crippen LogP contribution in [0.15, 0.2) is 48.7 Å². The van der Waals surface area contributed by atoms with E-state index < -0.39 is 11.9 Å². The lowest BCUT2D eigenvalue weighted by Crippen LogP contribution is -2.63. The Bertz CT molecular complexity index is 773. The zero-order valence-electron chi connectivity index (χ0n) is 13.5. The lowest BCUT2D eigenvalue weighted by molar-refractivity contribution is -0.141. The van der Waals surface area contributed by atoms with Gasteiger partial charge in [-0.2, -0.15) is 13.2 Å². The van der Waals surface area contributed by atoms with Crippen molar-refractivity contribution >= 4 is 5.91 Å². The monoisotopic (exact) mass is 346 g/mol. The van der Waals surface area contributed by atoms with Crippen LogP contribution in [0.5, 0.6) is 0 Å². The second-order valence-corrected chi connectivity index (χ2v) is 7.11. The van der Waals surface area contributed by atoms with Gasteiger partial charge in [0, 0.05) is 24.7 Å². The summed E-state index contributed by atoms with van der Waals surface area (Å²) in [6.07, 6.45) is -1.34. The van der Waals surface area contributed by atoms with Gasteiger partial charge in [0.2, 0.25) is 0 Å². The molecular formula is C19H17F3N2O. The maximum absolute atomic E-state index is 12.5. The van der Waals surface area contributed by atoms with Gasteiger partial charge in [0.1, 0.15) is 5.69 Å². The highest BCUT2D eigenvalue weighted by molar-refractivity contribution is 5.94. The average Bonchev–Trinajstić information content (AvgIpc) is 2.52. The largest absolute Gasteiger partial charge is 0.433 e. The maximum Gasteiger partial charge on any atom is 0.433 e. The molecule has 1 spiro atoms. The van der Waals surface area contributed by atoms with Crippen LogP contribution in [0.2, 0.25) is 0 Å². The minimum atomic E-state index is -4.49. The van der Waals surface area contributed by atoms with Crippen LogP contribution in [0.3, 0.4) is 0 Å². The molecule has 1 saturated heterocycles. The van der Waals surface area contributed by atoms with Crippen molar-refractivity contribution in [2.45, 2.75) is 24.9 Å². The van der Waals surface area contributed by atoms with E-state index in [0.29, 0.717) is 19.0 Å². The van der Waals surface area contributed by atoms with Crippen LogP contribution in [0, 0.1) is 5.41 Å². The first-order valence-electron chi connectivity index (χ1n) is 8.24. The highest BCUT2D eigenvalue weighted by atomic mass is 19.4. The van der Waals surface area contributed by atoms with E-state index in [0.717, 1.165) is 25.1 Å². The zero-order chi connectivity index (χ0) is 17.7. The van der Waals surface area contributed by atoms with Gasteiger partial charge in [-0.15, -0.1) is 0 Å². The van der Waals surface area contributed by atoms with Crippen LogP contribution in [0.25, 0.3) is 0 Å². The molecule has 4 rings (SSSR count). The van der Waals surface area contributed by atoms with Crippen molar-refractivity contribution in [2.75, 3.05) is 13.1 Å². The van der Waals surface area contributed by atoms with Gasteiger partial charge in [-0.3, -0.25) is 9.78 Å². The standard InChI is InChI=1S/C19H17F3N2O/c20-19(21,22)16-7-6-14(10-23-16)17(25)24-11-18(12-24)8-15(9-18)13-4-2-1-3-5-13/h1-7,10,15H,8-9,11-12H2. The molecule has 1 amide bonds. The van der Waals surface area contributed by atoms with Crippen molar-refractivity contribution in [1.29, 1.82) is 0 Å². The molecule has 2 fully saturated rings. The third-order valence-corrected chi connectivity index (χ3v) is 5.27. The van der Waals surface area contributed by atoms with Crippen LogP contribution in [-0.4, -0.2) is 28.9 Å². The molecule has 25 heavy (non-hydrogen) atoms. The average molecular weight is 346 g/mol. The topological polar surface area (TPSA) is 33.2 Å². The number of halogens is 3. The lowest BCUT2D eigenvalue weighted by Gasteiger charge is -2.59. The van der Waals surface area contributed by atoms with Crippen LogP contribution < -0.4 is 0 Å². The van der Waals surface area contributed by atoms with Crippen molar-refractivity contribution in [3.8, 4) is 0 Å². The van der Waals surface area contributed by atoms with E-state index in [2.05, 4.69) is 17.1 Å². The normalized spacial score (nSPS) is 19.4. The number of alkyl halides is 3. The molecule has 3 nitrogen and oxygen atoms in total. The van der Waals surface area contributed by atoms with Gasteiger partial charge >= 0.3 is 6.18 Å². The molecule has 0 unspecified atom stereocenters. The molecule has 1 aromatic heterocycles. The van der Waals surface area contributed by atoms with E-state index >= 15 is 0 Å². The Labute approximate surface area is 143 Å². The number of nitrogens with zero attached hydrogens (tertiary/aromatic N) is 2. The quantitative estimate of drug-likeness (QED) is 0.819. The fraction of sp³-hybridized carbons (Fsp3) is 0.368. The summed E-state index contributed by atoms with van der Waals surface area (Å²) < 4.78 is 37.6. The van der Waals surface area contributed by atoms with E-state index in [-0.39, 0.29) is 16.9 Å². The minimum absolute atomic E-state index is 0.190. The second-order valence-electron chi connectivity index (χ2n) is 7.11. The number of carbonyl (C=O) groups excluding carboxylic acids is 1. The fourth-order valence-corrected chi connectivity index (χ4v) is 3.98. The number of pyridine rings is 1. The van der Waals surface area contributed by atoms with E-state index in [9.17, 15) is 18.0 Å². The molecule has 2 aliphatic rings. The summed E-state index contributed by atoms with van der Waals surface area (Å²) in [7, 11) is 0. The van der Waals surface area contributed by atoms with E-state index in [1.807, 2.05) is 18.2 Å². The van der Waals surface area contributed by atoms with Crippen molar-refractivity contribution in [2.24, 2.45) is 5.41 Å². The second kappa shape index (κ2) is 5.58. The summed E-state index contributed by atoms with van der Waals surface area (Å²) >= 11 is 0. The molecule has 6 heteroatoms. The predicted molar refractivity (Wildman–Crippen MR) is 86.0 cm³/mol. The molecule has 2 heterocycles. The van der Waals surface area contributed by atoms with Crippen molar-refractivity contribution in [3.05, 3.63) is 65.5 Å². The smallest absolute Gasteiger partial charge is 0.337 e. The van der Waals surface area contributed by atoms with Gasteiger partial charge in [0.05, 0.1) is 5.56 Å². The molecule has 130 valence electrons. The van der Waals surface area contributed by atoms with Gasteiger partial charge in [-0.1, -0.05) is 30.3 Å². The molecule has 0 bridgehead atoms. The van der Waals surface area contributed by atoms with Crippen LogP contribution in [-0.2, 0) is 6.18 Å². The Hall–Kier alpha value is -2.37. The van der Waals surface area contributed by atoms with Crippen LogP contribution in [0.4, 0.5) is 13.2 Å². The third kappa shape index (κ3) is 2.90. The summed E-state index contributed by atoms with van der Waals surface area (Å²) in [5, 5.41) is 0. The fourth-order valence-electron chi connectivity index (χ4n) is 3.98. The number of aromatic nitrogens is 1. The maximum atomic E-state index is 12.5. The Morgan fingerprint density at radius 2 is 1.76 bits per heavy atom. The van der Waals surface area contributed by atoms with Gasteiger partial charge in [0.15, 0.2) is 0 Å². The number of hydrogen-bond donors (Lipinski definition) is 0. The lowest BCUT2D eigenvalue weighted by atomic mass is 9.56. The Morgan fingerprint density at radius 3 is 2.32 bits per heavy atom. The van der Waals surface area contributed by atoms with E-state index in [1.54, 1.807) is 4.90 Å². The number of benzene rings is 1. The molecule has 1 saturated carbocycles. The van der Waals surface area contributed by atoms with Crippen LogP contribution in [0.1, 0.15) is 40.4 Å². The Morgan fingerprint density at radius 1 is 1.08 bits per heavy atom. The van der Waals surface area contributed by atoms with E-state index in [4.69, 9.17) is 0 Å². The highest BCUT2D eigenvalue weighted by Gasteiger charge is 2.53. The molecule has 1 aliphatic carbocycles. The molecule has 0 N–H and O–H groups in total. The van der Waals surface area contributed by atoms with Crippen molar-refractivity contribution in [1.82, 2.24) is 9.88 Å². The number of rotatable bonds is 2. The number of amides is 1. The molecule has 0 atom stereocenters. The van der Waals surface area contributed by atoms with Crippen molar-refractivity contribution < 1.29 is 18.0 Å².